The Kier molecular flexibility index (Phi) is 3.74. The molecular formula is C13H17FN4. The van der Waals surface area contributed by atoms with Crippen molar-refractivity contribution in [2.75, 3.05) is 0 Å². The molecule has 1 aromatic heterocycles. The Hall–Kier alpha value is -1.72. The van der Waals surface area contributed by atoms with Crippen LogP contribution >= 0.6 is 0 Å². The number of halogens is 1. The standard InChI is InChI=1S/C13H17FN4/c1-9-7-12(18(2)17-9)8-13(16-15)10-3-5-11(14)6-4-10/h3-7,13,16H,8,15H2,1-2H3. The van der Waals surface area contributed by atoms with E-state index in [0.717, 1.165) is 17.0 Å². The number of nitrogens with two attached hydrogens (primary N) is 1. The van der Waals surface area contributed by atoms with Gasteiger partial charge in [-0.25, -0.2) is 4.39 Å². The summed E-state index contributed by atoms with van der Waals surface area (Å²) >= 11 is 0. The van der Waals surface area contributed by atoms with E-state index in [2.05, 4.69) is 10.5 Å². The summed E-state index contributed by atoms with van der Waals surface area (Å²) in [5.41, 5.74) is 5.77. The second-order valence-corrected chi connectivity index (χ2v) is 4.38. The number of benzene rings is 1. The van der Waals surface area contributed by atoms with E-state index in [1.54, 1.807) is 12.1 Å². The summed E-state index contributed by atoms with van der Waals surface area (Å²) in [4.78, 5) is 0. The van der Waals surface area contributed by atoms with Crippen molar-refractivity contribution in [2.45, 2.75) is 19.4 Å². The Labute approximate surface area is 106 Å². The maximum absolute atomic E-state index is 12.9. The molecule has 0 radical (unpaired) electrons. The van der Waals surface area contributed by atoms with E-state index in [1.165, 1.54) is 12.1 Å². The highest BCUT2D eigenvalue weighted by Crippen LogP contribution is 2.18. The highest BCUT2D eigenvalue weighted by molar-refractivity contribution is 5.22. The van der Waals surface area contributed by atoms with Crippen molar-refractivity contribution in [1.82, 2.24) is 15.2 Å². The lowest BCUT2D eigenvalue weighted by molar-refractivity contribution is 0.528. The first-order chi connectivity index (χ1) is 8.60. The zero-order valence-corrected chi connectivity index (χ0v) is 10.5. The van der Waals surface area contributed by atoms with Gasteiger partial charge < -0.3 is 0 Å². The maximum Gasteiger partial charge on any atom is 0.123 e. The molecule has 2 rings (SSSR count). The predicted octanol–water partition coefficient (Wildman–Crippen LogP) is 1.61. The van der Waals surface area contributed by atoms with Crippen molar-refractivity contribution < 1.29 is 4.39 Å². The molecule has 1 aromatic carbocycles. The van der Waals surface area contributed by atoms with Gasteiger partial charge in [-0.05, 0) is 30.7 Å². The number of aromatic nitrogens is 2. The molecule has 0 saturated carbocycles. The number of hydrogen-bond donors (Lipinski definition) is 2. The van der Waals surface area contributed by atoms with Crippen LogP contribution in [0.2, 0.25) is 0 Å². The Morgan fingerprint density at radius 3 is 2.56 bits per heavy atom. The van der Waals surface area contributed by atoms with Crippen molar-refractivity contribution >= 4 is 0 Å². The molecule has 0 aliphatic carbocycles. The number of hydrogen-bond acceptors (Lipinski definition) is 3. The highest BCUT2D eigenvalue weighted by atomic mass is 19.1. The number of hydrazine groups is 1. The zero-order chi connectivity index (χ0) is 13.1. The maximum atomic E-state index is 12.9. The molecule has 0 fully saturated rings. The van der Waals surface area contributed by atoms with Crippen LogP contribution in [0.1, 0.15) is 23.0 Å². The molecule has 1 heterocycles. The van der Waals surface area contributed by atoms with E-state index in [-0.39, 0.29) is 11.9 Å². The largest absolute Gasteiger partial charge is 0.272 e. The molecule has 0 spiro atoms. The van der Waals surface area contributed by atoms with Gasteiger partial charge >= 0.3 is 0 Å². The molecule has 0 aliphatic heterocycles. The van der Waals surface area contributed by atoms with Crippen LogP contribution < -0.4 is 11.3 Å². The molecule has 0 amide bonds. The minimum Gasteiger partial charge on any atom is -0.272 e. The van der Waals surface area contributed by atoms with Crippen molar-refractivity contribution in [1.29, 1.82) is 0 Å². The summed E-state index contributed by atoms with van der Waals surface area (Å²) < 4.78 is 14.7. The molecule has 1 unspecified atom stereocenters. The lowest BCUT2D eigenvalue weighted by atomic mass is 10.0. The molecule has 4 nitrogen and oxygen atoms in total. The van der Waals surface area contributed by atoms with E-state index in [9.17, 15) is 4.39 Å². The third-order valence-corrected chi connectivity index (χ3v) is 2.99. The van der Waals surface area contributed by atoms with Gasteiger partial charge in [-0.2, -0.15) is 5.10 Å². The van der Waals surface area contributed by atoms with Gasteiger partial charge in [-0.1, -0.05) is 12.1 Å². The van der Waals surface area contributed by atoms with Gasteiger partial charge in [0.15, 0.2) is 0 Å². The van der Waals surface area contributed by atoms with Crippen LogP contribution in [0.5, 0.6) is 0 Å². The number of aryl methyl sites for hydroxylation is 2. The minimum atomic E-state index is -0.245. The average molecular weight is 248 g/mol. The lowest BCUT2D eigenvalue weighted by Crippen LogP contribution is -2.30. The monoisotopic (exact) mass is 248 g/mol. The van der Waals surface area contributed by atoms with Gasteiger partial charge in [0.05, 0.1) is 11.7 Å². The smallest absolute Gasteiger partial charge is 0.123 e. The molecular weight excluding hydrogens is 231 g/mol. The highest BCUT2D eigenvalue weighted by Gasteiger charge is 2.13. The van der Waals surface area contributed by atoms with E-state index in [4.69, 9.17) is 5.84 Å². The van der Waals surface area contributed by atoms with Crippen LogP contribution in [0.3, 0.4) is 0 Å². The topological polar surface area (TPSA) is 55.9 Å². The zero-order valence-electron chi connectivity index (χ0n) is 10.5. The van der Waals surface area contributed by atoms with Gasteiger partial charge in [0.1, 0.15) is 5.82 Å². The summed E-state index contributed by atoms with van der Waals surface area (Å²) in [5.74, 6) is 5.33. The fourth-order valence-corrected chi connectivity index (χ4v) is 2.03. The van der Waals surface area contributed by atoms with Crippen LogP contribution in [0.25, 0.3) is 0 Å². The third kappa shape index (κ3) is 2.75. The Morgan fingerprint density at radius 2 is 2.06 bits per heavy atom. The fraction of sp³-hybridized carbons (Fsp3) is 0.308. The van der Waals surface area contributed by atoms with Crippen LogP contribution in [0, 0.1) is 12.7 Å². The van der Waals surface area contributed by atoms with E-state index in [1.807, 2.05) is 24.7 Å². The molecule has 1 atom stereocenters. The van der Waals surface area contributed by atoms with Crippen LogP contribution in [0.4, 0.5) is 4.39 Å². The Morgan fingerprint density at radius 1 is 1.39 bits per heavy atom. The Bertz CT molecular complexity index is 518. The lowest BCUT2D eigenvalue weighted by Gasteiger charge is -2.16. The van der Waals surface area contributed by atoms with E-state index < -0.39 is 0 Å². The van der Waals surface area contributed by atoms with Crippen LogP contribution in [-0.4, -0.2) is 9.78 Å². The molecule has 5 heteroatoms. The van der Waals surface area contributed by atoms with Crippen molar-refractivity contribution in [3.05, 3.63) is 53.1 Å². The first-order valence-electron chi connectivity index (χ1n) is 5.81. The molecule has 2 aromatic rings. The third-order valence-electron chi connectivity index (χ3n) is 2.99. The van der Waals surface area contributed by atoms with Crippen LogP contribution in [0.15, 0.2) is 30.3 Å². The quantitative estimate of drug-likeness (QED) is 0.638. The molecule has 0 saturated heterocycles. The number of nitrogens with one attached hydrogen (secondary N) is 1. The fourth-order valence-electron chi connectivity index (χ4n) is 2.03. The van der Waals surface area contributed by atoms with Crippen LogP contribution in [-0.2, 0) is 13.5 Å². The molecule has 96 valence electrons. The van der Waals surface area contributed by atoms with Gasteiger partial charge in [0.2, 0.25) is 0 Å². The predicted molar refractivity (Wildman–Crippen MR) is 68.1 cm³/mol. The number of nitrogens with zero attached hydrogens (tertiary/aromatic N) is 2. The SMILES string of the molecule is Cc1cc(CC(NN)c2ccc(F)cc2)n(C)n1. The summed E-state index contributed by atoms with van der Waals surface area (Å²) in [5, 5.41) is 4.29. The first kappa shape index (κ1) is 12.7. The second-order valence-electron chi connectivity index (χ2n) is 4.38. The molecule has 18 heavy (non-hydrogen) atoms. The molecule has 0 bridgehead atoms. The summed E-state index contributed by atoms with van der Waals surface area (Å²) in [6, 6.07) is 8.32. The Balaban J connectivity index is 2.19. The van der Waals surface area contributed by atoms with Gasteiger partial charge in [-0.3, -0.25) is 16.0 Å². The van der Waals surface area contributed by atoms with Gasteiger partial charge in [0, 0.05) is 19.2 Å². The van der Waals surface area contributed by atoms with Gasteiger partial charge in [0.25, 0.3) is 0 Å². The number of rotatable bonds is 4. The van der Waals surface area contributed by atoms with Crippen molar-refractivity contribution in [2.24, 2.45) is 12.9 Å². The summed E-state index contributed by atoms with van der Waals surface area (Å²) in [6.07, 6.45) is 0.708. The van der Waals surface area contributed by atoms with E-state index in [0.29, 0.717) is 6.42 Å². The molecule has 3 N–H and O–H groups in total. The summed E-state index contributed by atoms with van der Waals surface area (Å²) in [6.45, 7) is 1.95. The first-order valence-corrected chi connectivity index (χ1v) is 5.81. The summed E-state index contributed by atoms with van der Waals surface area (Å²) in [7, 11) is 1.90. The normalized spacial score (nSPS) is 12.7. The second kappa shape index (κ2) is 5.29. The van der Waals surface area contributed by atoms with Crippen molar-refractivity contribution in [3.8, 4) is 0 Å². The molecule has 0 aliphatic rings. The van der Waals surface area contributed by atoms with E-state index >= 15 is 0 Å². The van der Waals surface area contributed by atoms with Gasteiger partial charge in [-0.15, -0.1) is 0 Å². The average Bonchev–Trinajstić information content (AvgIpc) is 2.66. The van der Waals surface area contributed by atoms with Crippen molar-refractivity contribution in [3.63, 3.8) is 0 Å². The minimum absolute atomic E-state index is 0.0552.